The van der Waals surface area contributed by atoms with E-state index in [4.69, 9.17) is 4.74 Å². The summed E-state index contributed by atoms with van der Waals surface area (Å²) in [4.78, 5) is 25.9. The van der Waals surface area contributed by atoms with E-state index in [-0.39, 0.29) is 35.2 Å². The van der Waals surface area contributed by atoms with Gasteiger partial charge in [0.05, 0.1) is 25.8 Å². The third-order valence-electron chi connectivity index (χ3n) is 4.39. The zero-order valence-corrected chi connectivity index (χ0v) is 14.1. The summed E-state index contributed by atoms with van der Waals surface area (Å²) in [6.45, 7) is 3.01. The van der Waals surface area contributed by atoms with Crippen LogP contribution in [0.2, 0.25) is 0 Å². The molecule has 1 aromatic heterocycles. The lowest BCUT2D eigenvalue weighted by Gasteiger charge is -2.13. The summed E-state index contributed by atoms with van der Waals surface area (Å²) in [7, 11) is 1.34. The number of rotatable bonds is 4. The first-order valence-electron chi connectivity index (χ1n) is 7.99. The second kappa shape index (κ2) is 7.00. The van der Waals surface area contributed by atoms with Crippen LogP contribution in [0.5, 0.6) is 0 Å². The first kappa shape index (κ1) is 17.1. The van der Waals surface area contributed by atoms with Gasteiger partial charge in [0.25, 0.3) is 5.91 Å². The topological polar surface area (TPSA) is 77.3 Å². The lowest BCUT2D eigenvalue weighted by molar-refractivity contribution is -0.146. The summed E-state index contributed by atoms with van der Waals surface area (Å²) in [5, 5.41) is 7.83. The van der Waals surface area contributed by atoms with Gasteiger partial charge in [0.15, 0.2) is 5.69 Å². The predicted molar refractivity (Wildman–Crippen MR) is 86.1 cm³/mol. The van der Waals surface area contributed by atoms with Gasteiger partial charge in [0.2, 0.25) is 0 Å². The third kappa shape index (κ3) is 3.67. The van der Waals surface area contributed by atoms with Gasteiger partial charge in [-0.05, 0) is 23.6 Å². The van der Waals surface area contributed by atoms with E-state index in [2.05, 4.69) is 10.3 Å². The average Bonchev–Trinajstić information content (AvgIpc) is 3.20. The molecular formula is C17H19FN4O3. The number of hydrogen-bond donors (Lipinski definition) is 0. The van der Waals surface area contributed by atoms with E-state index in [1.807, 2.05) is 6.92 Å². The van der Waals surface area contributed by atoms with Crippen LogP contribution in [0.15, 0.2) is 30.5 Å². The maximum Gasteiger partial charge on any atom is 0.310 e. The lowest BCUT2D eigenvalue weighted by atomic mass is 9.99. The Labute approximate surface area is 144 Å². The quantitative estimate of drug-likeness (QED) is 0.781. The first-order chi connectivity index (χ1) is 12.0. The number of ether oxygens (including phenoxy) is 1. The maximum atomic E-state index is 13.2. The molecule has 25 heavy (non-hydrogen) atoms. The number of carbonyl (C=O) groups is 2. The molecule has 3 rings (SSSR count). The van der Waals surface area contributed by atoms with Crippen LogP contribution < -0.4 is 0 Å². The zero-order valence-electron chi connectivity index (χ0n) is 14.1. The number of hydrogen-bond acceptors (Lipinski definition) is 5. The fourth-order valence-corrected chi connectivity index (χ4v) is 3.05. The van der Waals surface area contributed by atoms with E-state index in [1.165, 1.54) is 30.1 Å². The van der Waals surface area contributed by atoms with Gasteiger partial charge >= 0.3 is 5.97 Å². The van der Waals surface area contributed by atoms with Gasteiger partial charge in [-0.1, -0.05) is 24.3 Å². The second-order valence-electron chi connectivity index (χ2n) is 6.25. The summed E-state index contributed by atoms with van der Waals surface area (Å²) in [5.41, 5.74) is 0.929. The summed E-state index contributed by atoms with van der Waals surface area (Å²) >= 11 is 0. The Morgan fingerprint density at radius 2 is 2.16 bits per heavy atom. The Morgan fingerprint density at radius 1 is 1.36 bits per heavy atom. The summed E-state index contributed by atoms with van der Waals surface area (Å²) < 4.78 is 19.5. The number of aromatic nitrogens is 3. The smallest absolute Gasteiger partial charge is 0.310 e. The van der Waals surface area contributed by atoms with Crippen molar-refractivity contribution in [3.8, 4) is 0 Å². The molecule has 1 aliphatic rings. The van der Waals surface area contributed by atoms with Gasteiger partial charge in [0, 0.05) is 13.1 Å². The van der Waals surface area contributed by atoms with E-state index in [9.17, 15) is 14.0 Å². The molecule has 2 atom stereocenters. The number of likely N-dealkylation sites (tertiary alicyclic amines) is 1. The fourth-order valence-electron chi connectivity index (χ4n) is 3.05. The highest BCUT2D eigenvalue weighted by atomic mass is 19.1. The minimum absolute atomic E-state index is 0.0266. The van der Waals surface area contributed by atoms with Crippen LogP contribution in [0.3, 0.4) is 0 Å². The van der Waals surface area contributed by atoms with Crippen molar-refractivity contribution in [1.29, 1.82) is 0 Å². The molecule has 1 aliphatic heterocycles. The van der Waals surface area contributed by atoms with Crippen LogP contribution in [-0.2, 0) is 16.1 Å². The van der Waals surface area contributed by atoms with Crippen LogP contribution >= 0.6 is 0 Å². The Morgan fingerprint density at radius 3 is 2.88 bits per heavy atom. The van der Waals surface area contributed by atoms with Crippen molar-refractivity contribution in [3.63, 3.8) is 0 Å². The maximum absolute atomic E-state index is 13.2. The molecule has 8 heteroatoms. The van der Waals surface area contributed by atoms with Crippen molar-refractivity contribution >= 4 is 11.9 Å². The number of esters is 1. The molecule has 2 aromatic rings. The highest BCUT2D eigenvalue weighted by Gasteiger charge is 2.38. The van der Waals surface area contributed by atoms with Crippen LogP contribution in [0, 0.1) is 17.7 Å². The Bertz CT molecular complexity index is 792. The number of methoxy groups -OCH3 is 1. The number of nitrogens with zero attached hydrogens (tertiary/aromatic N) is 4. The molecule has 0 N–H and O–H groups in total. The molecule has 0 aliphatic carbocycles. The van der Waals surface area contributed by atoms with Crippen molar-refractivity contribution in [2.45, 2.75) is 13.5 Å². The molecule has 7 nitrogen and oxygen atoms in total. The molecule has 0 saturated carbocycles. The molecule has 132 valence electrons. The molecule has 2 heterocycles. The van der Waals surface area contributed by atoms with Crippen LogP contribution in [0.25, 0.3) is 0 Å². The fraction of sp³-hybridized carbons (Fsp3) is 0.412. The second-order valence-corrected chi connectivity index (χ2v) is 6.25. The normalized spacial score (nSPS) is 19.9. The van der Waals surface area contributed by atoms with Gasteiger partial charge in [-0.3, -0.25) is 9.59 Å². The predicted octanol–water partition coefficient (Wildman–Crippen LogP) is 1.35. The van der Waals surface area contributed by atoms with Gasteiger partial charge in [-0.25, -0.2) is 9.07 Å². The summed E-state index contributed by atoms with van der Waals surface area (Å²) in [6.07, 6.45) is 1.53. The SMILES string of the molecule is COC(=O)[C@@H]1CN(C(=O)c2cn(Cc3cccc(F)c3)nn2)C[C@H]1C. The largest absolute Gasteiger partial charge is 0.469 e. The van der Waals surface area contributed by atoms with Crippen LogP contribution in [0.4, 0.5) is 4.39 Å². The van der Waals surface area contributed by atoms with Crippen molar-refractivity contribution < 1.29 is 18.7 Å². The standard InChI is InChI=1S/C17H19FN4O3/c1-11-7-21(9-14(11)17(24)25-2)16(23)15-10-22(20-19-15)8-12-4-3-5-13(18)6-12/h3-6,10-11,14H,7-9H2,1-2H3/t11-,14-/m1/s1. The first-order valence-corrected chi connectivity index (χ1v) is 7.99. The number of benzene rings is 1. The van der Waals surface area contributed by atoms with Crippen LogP contribution in [0.1, 0.15) is 23.0 Å². The lowest BCUT2D eigenvalue weighted by Crippen LogP contribution is -2.30. The Balaban J connectivity index is 1.68. The molecule has 1 fully saturated rings. The number of halogens is 1. The summed E-state index contributed by atoms with van der Waals surface area (Å²) in [5.74, 6) is -1.20. The highest BCUT2D eigenvalue weighted by Crippen LogP contribution is 2.25. The van der Waals surface area contributed by atoms with Crippen molar-refractivity contribution in [1.82, 2.24) is 19.9 Å². The monoisotopic (exact) mass is 346 g/mol. The van der Waals surface area contributed by atoms with Crippen molar-refractivity contribution in [3.05, 3.63) is 47.5 Å². The Kier molecular flexibility index (Phi) is 4.78. The molecule has 1 saturated heterocycles. The van der Waals surface area contributed by atoms with E-state index in [1.54, 1.807) is 17.0 Å². The van der Waals surface area contributed by atoms with Crippen molar-refractivity contribution in [2.24, 2.45) is 11.8 Å². The molecule has 1 aromatic carbocycles. The minimum atomic E-state index is -0.325. The molecular weight excluding hydrogens is 327 g/mol. The average molecular weight is 346 g/mol. The number of amides is 1. The van der Waals surface area contributed by atoms with Gasteiger partial charge in [-0.15, -0.1) is 5.10 Å². The van der Waals surface area contributed by atoms with E-state index in [0.29, 0.717) is 19.6 Å². The van der Waals surface area contributed by atoms with E-state index < -0.39 is 0 Å². The minimum Gasteiger partial charge on any atom is -0.469 e. The van der Waals surface area contributed by atoms with Crippen LogP contribution in [-0.4, -0.2) is 52.0 Å². The van der Waals surface area contributed by atoms with Gasteiger partial charge in [0.1, 0.15) is 5.82 Å². The molecule has 1 amide bonds. The third-order valence-corrected chi connectivity index (χ3v) is 4.39. The molecule has 0 unspecified atom stereocenters. The van der Waals surface area contributed by atoms with E-state index in [0.717, 1.165) is 5.56 Å². The number of carbonyl (C=O) groups excluding carboxylic acids is 2. The highest BCUT2D eigenvalue weighted by molar-refractivity contribution is 5.92. The van der Waals surface area contributed by atoms with Gasteiger partial charge < -0.3 is 9.64 Å². The van der Waals surface area contributed by atoms with Crippen molar-refractivity contribution in [2.75, 3.05) is 20.2 Å². The molecule has 0 radical (unpaired) electrons. The molecule has 0 spiro atoms. The molecule has 0 bridgehead atoms. The Hall–Kier alpha value is -2.77. The zero-order chi connectivity index (χ0) is 18.0. The summed E-state index contributed by atoms with van der Waals surface area (Å²) in [6, 6.07) is 6.17. The van der Waals surface area contributed by atoms with Gasteiger partial charge in [-0.2, -0.15) is 0 Å². The van der Waals surface area contributed by atoms with E-state index >= 15 is 0 Å².